The van der Waals surface area contributed by atoms with Crippen molar-refractivity contribution >= 4 is 15.8 Å². The number of nitrogens with zero attached hydrogens (tertiary/aromatic N) is 4. The third-order valence-electron chi connectivity index (χ3n) is 4.41. The Morgan fingerprint density at radius 3 is 2.86 bits per heavy atom. The van der Waals surface area contributed by atoms with E-state index >= 15 is 0 Å². The summed E-state index contributed by atoms with van der Waals surface area (Å²) in [6.45, 7) is 3.83. The number of sulfonamides is 1. The van der Waals surface area contributed by atoms with Crippen molar-refractivity contribution in [3.8, 4) is 0 Å². The van der Waals surface area contributed by atoms with Crippen LogP contribution in [0.1, 0.15) is 12.8 Å². The molecule has 0 saturated carbocycles. The van der Waals surface area contributed by atoms with Crippen molar-refractivity contribution in [1.82, 2.24) is 14.3 Å². The van der Waals surface area contributed by atoms with Crippen LogP contribution in [0.5, 0.6) is 0 Å². The van der Waals surface area contributed by atoms with Crippen molar-refractivity contribution in [3.05, 3.63) is 18.6 Å². The third-order valence-corrected chi connectivity index (χ3v) is 5.66. The van der Waals surface area contributed by atoms with Crippen molar-refractivity contribution in [2.45, 2.75) is 12.8 Å². The topological polar surface area (TPSA) is 75.6 Å². The summed E-state index contributed by atoms with van der Waals surface area (Å²) >= 11 is 0. The van der Waals surface area contributed by atoms with Gasteiger partial charge in [-0.25, -0.2) is 17.7 Å². The molecule has 0 aliphatic carbocycles. The number of piperidine rings is 1. The van der Waals surface area contributed by atoms with Gasteiger partial charge in [0.2, 0.25) is 10.0 Å². The molecular weight excluding hydrogens is 304 g/mol. The van der Waals surface area contributed by atoms with Gasteiger partial charge in [0.25, 0.3) is 0 Å². The van der Waals surface area contributed by atoms with E-state index in [0.717, 1.165) is 31.7 Å². The van der Waals surface area contributed by atoms with E-state index in [1.54, 1.807) is 22.9 Å². The van der Waals surface area contributed by atoms with E-state index in [2.05, 4.69) is 14.9 Å². The van der Waals surface area contributed by atoms with Gasteiger partial charge in [0.05, 0.1) is 25.7 Å². The highest BCUT2D eigenvalue weighted by atomic mass is 32.2. The van der Waals surface area contributed by atoms with Crippen LogP contribution in [-0.4, -0.2) is 68.3 Å². The van der Waals surface area contributed by atoms with E-state index in [-0.39, 0.29) is 5.41 Å². The van der Waals surface area contributed by atoms with Crippen LogP contribution >= 0.6 is 0 Å². The van der Waals surface area contributed by atoms with E-state index in [4.69, 9.17) is 4.74 Å². The summed E-state index contributed by atoms with van der Waals surface area (Å²) in [5, 5.41) is 0. The average Bonchev–Trinajstić information content (AvgIpc) is 2.70. The minimum Gasteiger partial charge on any atom is -0.379 e. The summed E-state index contributed by atoms with van der Waals surface area (Å²) in [7, 11) is -3.16. The molecule has 0 bridgehead atoms. The summed E-state index contributed by atoms with van der Waals surface area (Å²) in [5.74, 6) is 0.823. The van der Waals surface area contributed by atoms with Crippen LogP contribution in [0.3, 0.4) is 0 Å². The molecule has 1 unspecified atom stereocenters. The summed E-state index contributed by atoms with van der Waals surface area (Å²) in [4.78, 5) is 10.7. The molecule has 2 saturated heterocycles. The van der Waals surface area contributed by atoms with E-state index in [0.29, 0.717) is 26.3 Å². The Morgan fingerprint density at radius 2 is 2.14 bits per heavy atom. The van der Waals surface area contributed by atoms with Gasteiger partial charge in [-0.3, -0.25) is 4.98 Å². The molecule has 2 aliphatic heterocycles. The third kappa shape index (κ3) is 3.39. The maximum absolute atomic E-state index is 11.9. The first-order valence-corrected chi connectivity index (χ1v) is 9.37. The standard InChI is InChI=1S/C14H22N4O3S/c1-22(19,20)18-6-2-3-14(11-18)10-17(7-8-21-12-14)13-9-15-4-5-16-13/h4-5,9H,2-3,6-8,10-12H2,1H3. The minimum absolute atomic E-state index is 0.171. The van der Waals surface area contributed by atoms with Crippen LogP contribution in [0.2, 0.25) is 0 Å². The molecule has 1 spiro atoms. The van der Waals surface area contributed by atoms with Crippen molar-refractivity contribution in [2.75, 3.05) is 50.5 Å². The van der Waals surface area contributed by atoms with Crippen LogP contribution in [0, 0.1) is 5.41 Å². The van der Waals surface area contributed by atoms with Crippen LogP contribution in [0.4, 0.5) is 5.82 Å². The van der Waals surface area contributed by atoms with Crippen LogP contribution < -0.4 is 4.90 Å². The fourth-order valence-corrected chi connectivity index (χ4v) is 4.30. The Kier molecular flexibility index (Phi) is 4.33. The highest BCUT2D eigenvalue weighted by Gasteiger charge is 2.41. The smallest absolute Gasteiger partial charge is 0.211 e. The van der Waals surface area contributed by atoms with Crippen LogP contribution in [0.15, 0.2) is 18.6 Å². The highest BCUT2D eigenvalue weighted by molar-refractivity contribution is 7.88. The zero-order valence-corrected chi connectivity index (χ0v) is 13.6. The van der Waals surface area contributed by atoms with Gasteiger partial charge in [0, 0.05) is 44.0 Å². The van der Waals surface area contributed by atoms with Crippen molar-refractivity contribution in [2.24, 2.45) is 5.41 Å². The molecule has 1 aromatic rings. The molecular formula is C14H22N4O3S. The highest BCUT2D eigenvalue weighted by Crippen LogP contribution is 2.34. The van der Waals surface area contributed by atoms with Gasteiger partial charge >= 0.3 is 0 Å². The quantitative estimate of drug-likeness (QED) is 0.781. The first kappa shape index (κ1) is 15.6. The molecule has 3 heterocycles. The number of hydrogen-bond donors (Lipinski definition) is 0. The Bertz CT molecular complexity index is 610. The number of anilines is 1. The number of hydrogen-bond acceptors (Lipinski definition) is 6. The molecule has 0 radical (unpaired) electrons. The normalized spacial score (nSPS) is 27.8. The SMILES string of the molecule is CS(=O)(=O)N1CCCC2(COCCN(c3cnccn3)C2)C1. The van der Waals surface area contributed by atoms with Crippen LogP contribution in [0.25, 0.3) is 0 Å². The first-order chi connectivity index (χ1) is 10.5. The van der Waals surface area contributed by atoms with Gasteiger partial charge < -0.3 is 9.64 Å². The van der Waals surface area contributed by atoms with Crippen molar-refractivity contribution < 1.29 is 13.2 Å². The Hall–Kier alpha value is -1.25. The lowest BCUT2D eigenvalue weighted by Crippen LogP contribution is -2.52. The monoisotopic (exact) mass is 326 g/mol. The largest absolute Gasteiger partial charge is 0.379 e. The Balaban J connectivity index is 1.82. The van der Waals surface area contributed by atoms with E-state index < -0.39 is 10.0 Å². The lowest BCUT2D eigenvalue weighted by molar-refractivity contribution is 0.0352. The van der Waals surface area contributed by atoms with Gasteiger partial charge in [0.1, 0.15) is 5.82 Å². The molecule has 3 rings (SSSR count). The molecule has 122 valence electrons. The fraction of sp³-hybridized carbons (Fsp3) is 0.714. The summed E-state index contributed by atoms with van der Waals surface area (Å²) < 4.78 is 31.2. The van der Waals surface area contributed by atoms with E-state index in [1.165, 1.54) is 6.26 Å². The zero-order chi connectivity index (χ0) is 15.6. The maximum atomic E-state index is 11.9. The second-order valence-electron chi connectivity index (χ2n) is 6.24. The lowest BCUT2D eigenvalue weighted by atomic mass is 9.81. The van der Waals surface area contributed by atoms with Gasteiger partial charge in [-0.05, 0) is 12.8 Å². The first-order valence-electron chi connectivity index (χ1n) is 7.52. The van der Waals surface area contributed by atoms with Gasteiger partial charge in [0.15, 0.2) is 0 Å². The predicted octanol–water partition coefficient (Wildman–Crippen LogP) is 0.355. The van der Waals surface area contributed by atoms with Crippen molar-refractivity contribution in [3.63, 3.8) is 0 Å². The summed E-state index contributed by atoms with van der Waals surface area (Å²) in [5.41, 5.74) is -0.171. The van der Waals surface area contributed by atoms with Gasteiger partial charge in [-0.1, -0.05) is 0 Å². The second-order valence-corrected chi connectivity index (χ2v) is 8.22. The molecule has 0 N–H and O–H groups in total. The number of aromatic nitrogens is 2. The van der Waals surface area contributed by atoms with Crippen molar-refractivity contribution in [1.29, 1.82) is 0 Å². The van der Waals surface area contributed by atoms with E-state index in [1.807, 2.05) is 0 Å². The molecule has 2 aliphatic rings. The Morgan fingerprint density at radius 1 is 1.27 bits per heavy atom. The maximum Gasteiger partial charge on any atom is 0.211 e. The van der Waals surface area contributed by atoms with Crippen LogP contribution in [-0.2, 0) is 14.8 Å². The fourth-order valence-electron chi connectivity index (χ4n) is 3.34. The molecule has 8 heteroatoms. The zero-order valence-electron chi connectivity index (χ0n) is 12.8. The molecule has 0 aromatic carbocycles. The summed E-state index contributed by atoms with van der Waals surface area (Å²) in [6.07, 6.45) is 8.19. The Labute approximate surface area is 131 Å². The lowest BCUT2D eigenvalue weighted by Gasteiger charge is -2.42. The number of rotatable bonds is 2. The van der Waals surface area contributed by atoms with E-state index in [9.17, 15) is 8.42 Å². The average molecular weight is 326 g/mol. The predicted molar refractivity (Wildman–Crippen MR) is 83.1 cm³/mol. The summed E-state index contributed by atoms with van der Waals surface area (Å²) in [6, 6.07) is 0. The molecule has 1 atom stereocenters. The molecule has 0 amide bonds. The van der Waals surface area contributed by atoms with Gasteiger partial charge in [-0.2, -0.15) is 0 Å². The number of ether oxygens (including phenoxy) is 1. The molecule has 1 aromatic heterocycles. The molecule has 2 fully saturated rings. The molecule has 7 nitrogen and oxygen atoms in total. The molecule has 22 heavy (non-hydrogen) atoms. The van der Waals surface area contributed by atoms with Gasteiger partial charge in [-0.15, -0.1) is 0 Å². The minimum atomic E-state index is -3.16. The second kappa shape index (κ2) is 6.10.